The van der Waals surface area contributed by atoms with E-state index in [1.807, 2.05) is 24.3 Å². The van der Waals surface area contributed by atoms with E-state index in [0.717, 1.165) is 38.5 Å². The Morgan fingerprint density at radius 2 is 1.95 bits per heavy atom. The van der Waals surface area contributed by atoms with Gasteiger partial charge in [-0.15, -0.1) is 0 Å². The van der Waals surface area contributed by atoms with E-state index in [-0.39, 0.29) is 12.5 Å². The Morgan fingerprint density at radius 1 is 1.27 bits per heavy atom. The van der Waals surface area contributed by atoms with Gasteiger partial charge in [0.15, 0.2) is 6.61 Å². The van der Waals surface area contributed by atoms with Crippen LogP contribution in [0.2, 0.25) is 0 Å². The lowest BCUT2D eigenvalue weighted by molar-refractivity contribution is -0.123. The number of benzene rings is 1. The molecule has 22 heavy (non-hydrogen) atoms. The van der Waals surface area contributed by atoms with Crippen LogP contribution < -0.4 is 15.4 Å². The number of rotatable bonds is 7. The largest absolute Gasteiger partial charge is 0.484 e. The second-order valence-corrected chi connectivity index (χ2v) is 5.95. The molecule has 1 aromatic rings. The Hall–Kier alpha value is -1.59. The summed E-state index contributed by atoms with van der Waals surface area (Å²) in [5.74, 6) is 1.17. The van der Waals surface area contributed by atoms with Crippen LogP contribution in [0.5, 0.6) is 5.75 Å². The number of hydrogen-bond donors (Lipinski definition) is 2. The molecule has 2 N–H and O–H groups in total. The maximum atomic E-state index is 11.8. The molecule has 1 amide bonds. The first-order valence-electron chi connectivity index (χ1n) is 8.07. The van der Waals surface area contributed by atoms with Crippen molar-refractivity contribution in [1.82, 2.24) is 15.5 Å². The molecule has 0 spiro atoms. The van der Waals surface area contributed by atoms with Crippen LogP contribution in [0.3, 0.4) is 0 Å². The second-order valence-electron chi connectivity index (χ2n) is 5.95. The lowest BCUT2D eigenvalue weighted by Gasteiger charge is -2.27. The fourth-order valence-electron chi connectivity index (χ4n) is 2.44. The van der Waals surface area contributed by atoms with Gasteiger partial charge in [-0.3, -0.25) is 9.69 Å². The summed E-state index contributed by atoms with van der Waals surface area (Å²) >= 11 is 0. The Kier molecular flexibility index (Phi) is 6.68. The average Bonchev–Trinajstić information content (AvgIpc) is 2.54. The zero-order valence-electron chi connectivity index (χ0n) is 13.6. The van der Waals surface area contributed by atoms with Gasteiger partial charge >= 0.3 is 0 Å². The molecule has 0 unspecified atom stereocenters. The first kappa shape index (κ1) is 16.8. The minimum atomic E-state index is -0.0666. The van der Waals surface area contributed by atoms with Crippen LogP contribution in [0.25, 0.3) is 0 Å². The van der Waals surface area contributed by atoms with Crippen LogP contribution >= 0.6 is 0 Å². The number of piperazine rings is 1. The molecule has 0 aliphatic carbocycles. The summed E-state index contributed by atoms with van der Waals surface area (Å²) in [6, 6.07) is 7.93. The van der Waals surface area contributed by atoms with Gasteiger partial charge in [0.25, 0.3) is 5.91 Å². The molecule has 1 saturated heterocycles. The normalized spacial score (nSPS) is 15.8. The molecule has 1 aromatic carbocycles. The van der Waals surface area contributed by atoms with Crippen molar-refractivity contribution in [2.75, 3.05) is 45.9 Å². The highest BCUT2D eigenvalue weighted by atomic mass is 16.5. The van der Waals surface area contributed by atoms with Gasteiger partial charge < -0.3 is 15.4 Å². The number of carbonyl (C=O) groups excluding carboxylic acids is 1. The molecule has 2 rings (SSSR count). The minimum absolute atomic E-state index is 0.0666. The molecule has 1 aliphatic rings. The van der Waals surface area contributed by atoms with Crippen LogP contribution in [-0.2, 0) is 4.79 Å². The van der Waals surface area contributed by atoms with E-state index in [4.69, 9.17) is 4.74 Å². The maximum absolute atomic E-state index is 11.8. The van der Waals surface area contributed by atoms with Crippen LogP contribution in [0.4, 0.5) is 0 Å². The number of amides is 1. The van der Waals surface area contributed by atoms with Gasteiger partial charge in [-0.2, -0.15) is 0 Å². The van der Waals surface area contributed by atoms with Gasteiger partial charge in [0.05, 0.1) is 0 Å². The van der Waals surface area contributed by atoms with E-state index >= 15 is 0 Å². The van der Waals surface area contributed by atoms with Crippen molar-refractivity contribution in [3.63, 3.8) is 0 Å². The zero-order chi connectivity index (χ0) is 15.8. The van der Waals surface area contributed by atoms with Gasteiger partial charge in [0, 0.05) is 39.3 Å². The molecule has 0 aromatic heterocycles. The number of nitrogens with one attached hydrogen (secondary N) is 2. The first-order chi connectivity index (χ1) is 10.6. The van der Waals surface area contributed by atoms with Crippen molar-refractivity contribution in [1.29, 1.82) is 0 Å². The van der Waals surface area contributed by atoms with Crippen LogP contribution in [0.1, 0.15) is 25.3 Å². The van der Waals surface area contributed by atoms with Gasteiger partial charge in [-0.05, 0) is 23.6 Å². The highest BCUT2D eigenvalue weighted by Crippen LogP contribution is 2.18. The summed E-state index contributed by atoms with van der Waals surface area (Å²) in [4.78, 5) is 14.1. The average molecular weight is 305 g/mol. The van der Waals surface area contributed by atoms with Gasteiger partial charge in [0.1, 0.15) is 5.75 Å². The number of nitrogens with zero attached hydrogens (tertiary/aromatic N) is 1. The fourth-order valence-corrected chi connectivity index (χ4v) is 2.44. The van der Waals surface area contributed by atoms with Gasteiger partial charge in [0.2, 0.25) is 0 Å². The smallest absolute Gasteiger partial charge is 0.257 e. The van der Waals surface area contributed by atoms with Crippen LogP contribution in [0, 0.1) is 0 Å². The van der Waals surface area contributed by atoms with Gasteiger partial charge in [-0.25, -0.2) is 0 Å². The highest BCUT2D eigenvalue weighted by Gasteiger charge is 2.09. The molecule has 0 saturated carbocycles. The summed E-state index contributed by atoms with van der Waals surface area (Å²) in [5, 5.41) is 6.22. The third kappa shape index (κ3) is 5.66. The van der Waals surface area contributed by atoms with E-state index in [9.17, 15) is 4.79 Å². The topological polar surface area (TPSA) is 53.6 Å². The van der Waals surface area contributed by atoms with Crippen molar-refractivity contribution in [3.8, 4) is 5.75 Å². The third-order valence-electron chi connectivity index (χ3n) is 3.88. The Morgan fingerprint density at radius 3 is 2.59 bits per heavy atom. The summed E-state index contributed by atoms with van der Waals surface area (Å²) in [6.45, 7) is 10.1. The quantitative estimate of drug-likeness (QED) is 0.795. The lowest BCUT2D eigenvalue weighted by Crippen LogP contribution is -2.46. The molecule has 0 atom stereocenters. The van der Waals surface area contributed by atoms with Crippen molar-refractivity contribution in [3.05, 3.63) is 29.8 Å². The summed E-state index contributed by atoms with van der Waals surface area (Å²) in [7, 11) is 0. The second kappa shape index (κ2) is 8.76. The molecular formula is C17H27N3O2. The Bertz CT molecular complexity index is 453. The Balaban J connectivity index is 1.62. The Labute approximate surface area is 133 Å². The third-order valence-corrected chi connectivity index (χ3v) is 3.88. The number of ether oxygens (including phenoxy) is 1. The molecule has 122 valence electrons. The number of carbonyl (C=O) groups is 1. The van der Waals surface area contributed by atoms with Crippen LogP contribution in [-0.4, -0.2) is 56.7 Å². The molecule has 1 heterocycles. The summed E-state index contributed by atoms with van der Waals surface area (Å²) in [5.41, 5.74) is 1.27. The van der Waals surface area contributed by atoms with Gasteiger partial charge in [-0.1, -0.05) is 26.0 Å². The standard InChI is InChI=1S/C17H27N3O2/c1-14(2)15-3-5-16(6-4-15)22-13-17(21)19-9-12-20-10-7-18-8-11-20/h3-6,14,18H,7-13H2,1-2H3,(H,19,21). The molecule has 0 bridgehead atoms. The molecule has 0 radical (unpaired) electrons. The van der Waals surface area contributed by atoms with Crippen LogP contribution in [0.15, 0.2) is 24.3 Å². The molecule has 1 aliphatic heterocycles. The van der Waals surface area contributed by atoms with E-state index in [1.165, 1.54) is 5.56 Å². The minimum Gasteiger partial charge on any atom is -0.484 e. The molecule has 1 fully saturated rings. The molecule has 5 nitrogen and oxygen atoms in total. The monoisotopic (exact) mass is 305 g/mol. The van der Waals surface area contributed by atoms with E-state index in [0.29, 0.717) is 12.5 Å². The van der Waals surface area contributed by atoms with Crippen molar-refractivity contribution < 1.29 is 9.53 Å². The first-order valence-corrected chi connectivity index (χ1v) is 8.07. The fraction of sp³-hybridized carbons (Fsp3) is 0.588. The lowest BCUT2D eigenvalue weighted by atomic mass is 10.0. The highest BCUT2D eigenvalue weighted by molar-refractivity contribution is 5.77. The maximum Gasteiger partial charge on any atom is 0.257 e. The van der Waals surface area contributed by atoms with E-state index < -0.39 is 0 Å². The van der Waals surface area contributed by atoms with Crippen molar-refractivity contribution in [2.24, 2.45) is 0 Å². The molecule has 5 heteroatoms. The summed E-state index contributed by atoms with van der Waals surface area (Å²) in [6.07, 6.45) is 0. The predicted molar refractivity (Wildman–Crippen MR) is 88.3 cm³/mol. The summed E-state index contributed by atoms with van der Waals surface area (Å²) < 4.78 is 5.51. The van der Waals surface area contributed by atoms with E-state index in [1.54, 1.807) is 0 Å². The predicted octanol–water partition coefficient (Wildman–Crippen LogP) is 1.21. The zero-order valence-corrected chi connectivity index (χ0v) is 13.6. The number of hydrogen-bond acceptors (Lipinski definition) is 4. The van der Waals surface area contributed by atoms with Crippen molar-refractivity contribution >= 4 is 5.91 Å². The van der Waals surface area contributed by atoms with Crippen molar-refractivity contribution in [2.45, 2.75) is 19.8 Å². The SMILES string of the molecule is CC(C)c1ccc(OCC(=O)NCCN2CCNCC2)cc1. The van der Waals surface area contributed by atoms with E-state index in [2.05, 4.69) is 29.4 Å². The molecular weight excluding hydrogens is 278 g/mol.